The molecule has 3 N–H and O–H groups in total. The van der Waals surface area contributed by atoms with Gasteiger partial charge in [-0.25, -0.2) is 0 Å². The second kappa shape index (κ2) is 5.38. The lowest BCUT2D eigenvalue weighted by Gasteiger charge is -2.27. The van der Waals surface area contributed by atoms with Crippen molar-refractivity contribution in [2.75, 3.05) is 12.3 Å². The Morgan fingerprint density at radius 3 is 2.83 bits per heavy atom. The van der Waals surface area contributed by atoms with Gasteiger partial charge in [-0.2, -0.15) is 0 Å². The predicted octanol–water partition coefficient (Wildman–Crippen LogP) is 2.36. The Hall–Kier alpha value is -1.58. The van der Waals surface area contributed by atoms with Crippen molar-refractivity contribution in [2.24, 2.45) is 5.41 Å². The lowest BCUT2D eigenvalue weighted by atomic mass is 9.83. The molecule has 1 amide bonds. The Balaban J connectivity index is 1.98. The van der Waals surface area contributed by atoms with Gasteiger partial charge < -0.3 is 11.1 Å². The van der Waals surface area contributed by atoms with E-state index >= 15 is 0 Å². The van der Waals surface area contributed by atoms with Crippen molar-refractivity contribution in [2.45, 2.75) is 39.0 Å². The molecule has 0 atom stereocenters. The molecule has 1 fully saturated rings. The Bertz CT molecular complexity index is 425. The second-order valence-electron chi connectivity index (χ2n) is 5.21. The molecular formula is C14H21N3O. The molecule has 2 rings (SSSR count). The van der Waals surface area contributed by atoms with E-state index in [-0.39, 0.29) is 5.91 Å². The molecule has 18 heavy (non-hydrogen) atoms. The summed E-state index contributed by atoms with van der Waals surface area (Å²) in [6.07, 6.45) is 9.23. The Kier molecular flexibility index (Phi) is 3.84. The average molecular weight is 247 g/mol. The molecule has 0 unspecified atom stereocenters. The van der Waals surface area contributed by atoms with E-state index < -0.39 is 0 Å². The molecule has 0 aromatic carbocycles. The summed E-state index contributed by atoms with van der Waals surface area (Å²) in [7, 11) is 0. The van der Waals surface area contributed by atoms with Gasteiger partial charge in [0.15, 0.2) is 0 Å². The van der Waals surface area contributed by atoms with E-state index in [1.54, 1.807) is 12.3 Å². The van der Waals surface area contributed by atoms with Crippen LogP contribution in [0.4, 0.5) is 5.69 Å². The summed E-state index contributed by atoms with van der Waals surface area (Å²) >= 11 is 0. The van der Waals surface area contributed by atoms with Gasteiger partial charge in [-0.05, 0) is 30.7 Å². The van der Waals surface area contributed by atoms with Crippen LogP contribution in [0.3, 0.4) is 0 Å². The third-order valence-corrected chi connectivity index (χ3v) is 4.13. The fourth-order valence-corrected chi connectivity index (χ4v) is 2.76. The third-order valence-electron chi connectivity index (χ3n) is 4.13. The fourth-order valence-electron chi connectivity index (χ4n) is 2.76. The highest BCUT2D eigenvalue weighted by Gasteiger charge is 2.32. The number of anilines is 1. The third kappa shape index (κ3) is 2.63. The normalized spacial score (nSPS) is 17.6. The topological polar surface area (TPSA) is 68.0 Å². The zero-order chi connectivity index (χ0) is 13.0. The van der Waals surface area contributed by atoms with Crippen LogP contribution in [0.1, 0.15) is 49.4 Å². The van der Waals surface area contributed by atoms with E-state index in [4.69, 9.17) is 5.73 Å². The zero-order valence-corrected chi connectivity index (χ0v) is 10.9. The van der Waals surface area contributed by atoms with Gasteiger partial charge in [0, 0.05) is 12.7 Å². The second-order valence-corrected chi connectivity index (χ2v) is 5.21. The van der Waals surface area contributed by atoms with Crippen molar-refractivity contribution < 1.29 is 4.79 Å². The highest BCUT2D eigenvalue weighted by atomic mass is 16.1. The number of nitrogens with one attached hydrogen (secondary N) is 1. The molecule has 0 spiro atoms. The molecule has 1 heterocycles. The molecule has 98 valence electrons. The van der Waals surface area contributed by atoms with Crippen LogP contribution in [0.2, 0.25) is 0 Å². The van der Waals surface area contributed by atoms with Gasteiger partial charge in [0.1, 0.15) is 0 Å². The highest BCUT2D eigenvalue weighted by Crippen LogP contribution is 2.40. The summed E-state index contributed by atoms with van der Waals surface area (Å²) in [6.45, 7) is 2.96. The lowest BCUT2D eigenvalue weighted by Crippen LogP contribution is -2.35. The number of amides is 1. The summed E-state index contributed by atoms with van der Waals surface area (Å²) in [5.74, 6) is -0.0883. The maximum atomic E-state index is 12.1. The average Bonchev–Trinajstić information content (AvgIpc) is 2.86. The predicted molar refractivity (Wildman–Crippen MR) is 72.2 cm³/mol. The number of pyridine rings is 1. The summed E-state index contributed by atoms with van der Waals surface area (Å²) in [4.78, 5) is 16.0. The van der Waals surface area contributed by atoms with Gasteiger partial charge in [-0.3, -0.25) is 9.78 Å². The summed E-state index contributed by atoms with van der Waals surface area (Å²) in [6, 6.07) is 1.66. The first-order chi connectivity index (χ1) is 8.67. The number of aromatic nitrogens is 1. The number of rotatable bonds is 4. The molecule has 1 aromatic rings. The van der Waals surface area contributed by atoms with Crippen molar-refractivity contribution in [3.63, 3.8) is 0 Å². The Morgan fingerprint density at radius 2 is 2.22 bits per heavy atom. The number of nitrogens with two attached hydrogens (primary N) is 1. The van der Waals surface area contributed by atoms with Crippen LogP contribution >= 0.6 is 0 Å². The minimum Gasteiger partial charge on any atom is -0.397 e. The van der Waals surface area contributed by atoms with E-state index in [0.717, 1.165) is 13.0 Å². The van der Waals surface area contributed by atoms with Crippen molar-refractivity contribution in [3.8, 4) is 0 Å². The number of hydrogen-bond acceptors (Lipinski definition) is 3. The summed E-state index contributed by atoms with van der Waals surface area (Å²) in [5, 5.41) is 3.03. The van der Waals surface area contributed by atoms with Crippen LogP contribution in [-0.4, -0.2) is 17.4 Å². The Labute approximate surface area is 108 Å². The fraction of sp³-hybridized carbons (Fsp3) is 0.571. The van der Waals surface area contributed by atoms with Gasteiger partial charge in [-0.15, -0.1) is 0 Å². The monoisotopic (exact) mass is 247 g/mol. The molecule has 1 saturated carbocycles. The Morgan fingerprint density at radius 1 is 1.50 bits per heavy atom. The van der Waals surface area contributed by atoms with E-state index in [1.807, 2.05) is 0 Å². The first-order valence-corrected chi connectivity index (χ1v) is 6.64. The van der Waals surface area contributed by atoms with Crippen molar-refractivity contribution in [3.05, 3.63) is 24.0 Å². The van der Waals surface area contributed by atoms with Crippen LogP contribution in [0.5, 0.6) is 0 Å². The molecule has 0 saturated heterocycles. The molecule has 0 aliphatic heterocycles. The summed E-state index contributed by atoms with van der Waals surface area (Å²) < 4.78 is 0. The molecule has 0 bridgehead atoms. The molecule has 1 aliphatic carbocycles. The smallest absolute Gasteiger partial charge is 0.253 e. The minimum atomic E-state index is -0.0883. The largest absolute Gasteiger partial charge is 0.397 e. The standard InChI is InChI=1S/C14H21N3O/c1-2-14(6-3-4-7-14)10-17-13(18)11-5-8-16-9-12(11)15/h5,8-9H,2-4,6-7,10,15H2,1H3,(H,17,18). The van der Waals surface area contributed by atoms with Crippen LogP contribution in [0, 0.1) is 5.41 Å². The number of carbonyl (C=O) groups is 1. The van der Waals surface area contributed by atoms with Crippen LogP contribution in [-0.2, 0) is 0 Å². The molecule has 4 heteroatoms. The van der Waals surface area contributed by atoms with Gasteiger partial charge in [0.05, 0.1) is 17.4 Å². The van der Waals surface area contributed by atoms with E-state index in [2.05, 4.69) is 17.2 Å². The minimum absolute atomic E-state index is 0.0883. The first kappa shape index (κ1) is 12.9. The zero-order valence-electron chi connectivity index (χ0n) is 10.9. The maximum absolute atomic E-state index is 12.1. The maximum Gasteiger partial charge on any atom is 0.253 e. The van der Waals surface area contributed by atoms with Crippen molar-refractivity contribution in [1.29, 1.82) is 0 Å². The van der Waals surface area contributed by atoms with Crippen LogP contribution in [0.25, 0.3) is 0 Å². The van der Waals surface area contributed by atoms with E-state index in [1.165, 1.54) is 31.9 Å². The van der Waals surface area contributed by atoms with Gasteiger partial charge in [0.2, 0.25) is 0 Å². The quantitative estimate of drug-likeness (QED) is 0.858. The summed E-state index contributed by atoms with van der Waals surface area (Å²) in [5.41, 5.74) is 7.01. The number of hydrogen-bond donors (Lipinski definition) is 2. The number of carbonyl (C=O) groups excluding carboxylic acids is 1. The number of nitrogen functional groups attached to an aromatic ring is 1. The molecule has 1 aromatic heterocycles. The lowest BCUT2D eigenvalue weighted by molar-refractivity contribution is 0.0929. The van der Waals surface area contributed by atoms with Crippen molar-refractivity contribution in [1.82, 2.24) is 10.3 Å². The molecule has 0 radical (unpaired) electrons. The van der Waals surface area contributed by atoms with Crippen LogP contribution in [0.15, 0.2) is 18.5 Å². The van der Waals surface area contributed by atoms with Gasteiger partial charge >= 0.3 is 0 Å². The van der Waals surface area contributed by atoms with E-state index in [9.17, 15) is 4.79 Å². The highest BCUT2D eigenvalue weighted by molar-refractivity contribution is 5.98. The molecule has 1 aliphatic rings. The van der Waals surface area contributed by atoms with E-state index in [0.29, 0.717) is 16.7 Å². The molecule has 4 nitrogen and oxygen atoms in total. The van der Waals surface area contributed by atoms with Gasteiger partial charge in [-0.1, -0.05) is 19.8 Å². The van der Waals surface area contributed by atoms with Crippen LogP contribution < -0.4 is 11.1 Å². The molecular weight excluding hydrogens is 226 g/mol. The SMILES string of the molecule is CCC1(CNC(=O)c2ccncc2N)CCCC1. The number of nitrogens with zero attached hydrogens (tertiary/aromatic N) is 1. The first-order valence-electron chi connectivity index (χ1n) is 6.64. The van der Waals surface area contributed by atoms with Crippen molar-refractivity contribution >= 4 is 11.6 Å². The van der Waals surface area contributed by atoms with Gasteiger partial charge in [0.25, 0.3) is 5.91 Å².